The van der Waals surface area contributed by atoms with Crippen LogP contribution in [-0.4, -0.2) is 16.5 Å². The fourth-order valence-electron chi connectivity index (χ4n) is 2.22. The number of anilines is 1. The lowest BCUT2D eigenvalue weighted by molar-refractivity contribution is 0.948. The van der Waals surface area contributed by atoms with E-state index >= 15 is 0 Å². The number of hydrogen-bond donors (Lipinski definition) is 1. The van der Waals surface area contributed by atoms with Crippen LogP contribution in [0.25, 0.3) is 11.4 Å². The second kappa shape index (κ2) is 6.20. The highest BCUT2D eigenvalue weighted by molar-refractivity contribution is 6.38. The zero-order valence-electron chi connectivity index (χ0n) is 11.9. The van der Waals surface area contributed by atoms with E-state index in [-0.39, 0.29) is 0 Å². The van der Waals surface area contributed by atoms with Gasteiger partial charge in [0.1, 0.15) is 5.82 Å². The van der Waals surface area contributed by atoms with Gasteiger partial charge in [-0.2, -0.15) is 0 Å². The Labute approximate surface area is 134 Å². The number of benzene rings is 1. The number of nitrogens with one attached hydrogen (secondary N) is 1. The average Bonchev–Trinajstić information content (AvgIpc) is 3.29. The van der Waals surface area contributed by atoms with Gasteiger partial charge in [0.25, 0.3) is 0 Å². The maximum absolute atomic E-state index is 6.28. The molecule has 1 aliphatic carbocycles. The van der Waals surface area contributed by atoms with Crippen LogP contribution in [0.1, 0.15) is 37.8 Å². The summed E-state index contributed by atoms with van der Waals surface area (Å²) in [5.74, 6) is 2.00. The van der Waals surface area contributed by atoms with Crippen molar-refractivity contribution in [1.29, 1.82) is 0 Å². The molecule has 0 atom stereocenters. The molecule has 0 unspecified atom stereocenters. The Balaban J connectivity index is 2.06. The first-order valence-corrected chi connectivity index (χ1v) is 8.02. The van der Waals surface area contributed by atoms with Crippen LogP contribution in [0.15, 0.2) is 24.3 Å². The molecule has 1 saturated carbocycles. The SMILES string of the molecule is CCCNc1cc(C2CC2)nc(-c2c(Cl)cccc2Cl)n1. The van der Waals surface area contributed by atoms with Gasteiger partial charge in [0.2, 0.25) is 0 Å². The smallest absolute Gasteiger partial charge is 0.164 e. The van der Waals surface area contributed by atoms with Crippen LogP contribution in [0.3, 0.4) is 0 Å². The van der Waals surface area contributed by atoms with Gasteiger partial charge in [-0.25, -0.2) is 9.97 Å². The monoisotopic (exact) mass is 321 g/mol. The molecule has 0 saturated heterocycles. The van der Waals surface area contributed by atoms with Crippen molar-refractivity contribution < 1.29 is 0 Å². The molecule has 1 aromatic heterocycles. The summed E-state index contributed by atoms with van der Waals surface area (Å²) >= 11 is 12.6. The van der Waals surface area contributed by atoms with E-state index in [1.165, 1.54) is 12.8 Å². The molecule has 1 heterocycles. The Bertz CT molecular complexity index is 634. The third-order valence-electron chi connectivity index (χ3n) is 3.48. The molecule has 110 valence electrons. The molecular formula is C16H17Cl2N3. The van der Waals surface area contributed by atoms with Gasteiger partial charge in [-0.3, -0.25) is 0 Å². The summed E-state index contributed by atoms with van der Waals surface area (Å²) < 4.78 is 0. The topological polar surface area (TPSA) is 37.8 Å². The Kier molecular flexibility index (Phi) is 4.32. The quantitative estimate of drug-likeness (QED) is 0.827. The molecule has 1 aromatic carbocycles. The Morgan fingerprint density at radius 3 is 2.52 bits per heavy atom. The largest absolute Gasteiger partial charge is 0.370 e. The van der Waals surface area contributed by atoms with Crippen molar-refractivity contribution in [2.75, 3.05) is 11.9 Å². The summed E-state index contributed by atoms with van der Waals surface area (Å²) in [4.78, 5) is 9.26. The molecule has 5 heteroatoms. The van der Waals surface area contributed by atoms with Crippen molar-refractivity contribution in [3.63, 3.8) is 0 Å². The van der Waals surface area contributed by atoms with Crippen molar-refractivity contribution >= 4 is 29.0 Å². The summed E-state index contributed by atoms with van der Waals surface area (Å²) in [5, 5.41) is 4.49. The van der Waals surface area contributed by atoms with Crippen LogP contribution in [0.4, 0.5) is 5.82 Å². The minimum Gasteiger partial charge on any atom is -0.370 e. The lowest BCUT2D eigenvalue weighted by atomic mass is 10.2. The molecule has 0 amide bonds. The fourth-order valence-corrected chi connectivity index (χ4v) is 2.79. The predicted molar refractivity (Wildman–Crippen MR) is 88.2 cm³/mol. The van der Waals surface area contributed by atoms with Gasteiger partial charge in [0, 0.05) is 24.2 Å². The molecule has 1 aliphatic rings. The molecule has 2 aromatic rings. The average molecular weight is 322 g/mol. The summed E-state index contributed by atoms with van der Waals surface area (Å²) in [6.45, 7) is 3.01. The van der Waals surface area contributed by atoms with Crippen molar-refractivity contribution in [2.45, 2.75) is 32.1 Å². The minimum absolute atomic E-state index is 0.551. The van der Waals surface area contributed by atoms with Crippen molar-refractivity contribution in [1.82, 2.24) is 9.97 Å². The van der Waals surface area contributed by atoms with Gasteiger partial charge in [-0.05, 0) is 31.4 Å². The van der Waals surface area contributed by atoms with Crippen LogP contribution in [0.5, 0.6) is 0 Å². The molecule has 1 N–H and O–H groups in total. The van der Waals surface area contributed by atoms with Crippen LogP contribution in [-0.2, 0) is 0 Å². The van der Waals surface area contributed by atoms with Gasteiger partial charge < -0.3 is 5.32 Å². The summed E-state index contributed by atoms with van der Waals surface area (Å²) in [5.41, 5.74) is 1.79. The van der Waals surface area contributed by atoms with Crippen LogP contribution < -0.4 is 5.32 Å². The highest BCUT2D eigenvalue weighted by Gasteiger charge is 2.27. The fraction of sp³-hybridized carbons (Fsp3) is 0.375. The first kappa shape index (κ1) is 14.6. The van der Waals surface area contributed by atoms with Gasteiger partial charge >= 0.3 is 0 Å². The number of nitrogens with zero attached hydrogens (tertiary/aromatic N) is 2. The molecule has 0 bridgehead atoms. The third kappa shape index (κ3) is 3.30. The van der Waals surface area contributed by atoms with E-state index in [4.69, 9.17) is 23.2 Å². The molecule has 0 spiro atoms. The molecule has 21 heavy (non-hydrogen) atoms. The molecule has 3 nitrogen and oxygen atoms in total. The normalized spacial score (nSPS) is 14.2. The summed E-state index contributed by atoms with van der Waals surface area (Å²) in [6.07, 6.45) is 3.44. The number of aromatic nitrogens is 2. The first-order chi connectivity index (χ1) is 10.2. The Morgan fingerprint density at radius 1 is 1.19 bits per heavy atom. The van der Waals surface area contributed by atoms with E-state index < -0.39 is 0 Å². The molecule has 0 radical (unpaired) electrons. The van der Waals surface area contributed by atoms with E-state index in [0.717, 1.165) is 24.5 Å². The molecule has 1 fully saturated rings. The zero-order valence-corrected chi connectivity index (χ0v) is 13.4. The van der Waals surface area contributed by atoms with Crippen LogP contribution in [0.2, 0.25) is 10.0 Å². The molecule has 3 rings (SSSR count). The second-order valence-electron chi connectivity index (χ2n) is 5.30. The van der Waals surface area contributed by atoms with Gasteiger partial charge in [-0.1, -0.05) is 36.2 Å². The Hall–Kier alpha value is -1.32. The lowest BCUT2D eigenvalue weighted by Gasteiger charge is -2.11. The van der Waals surface area contributed by atoms with E-state index in [1.54, 1.807) is 0 Å². The zero-order chi connectivity index (χ0) is 14.8. The predicted octanol–water partition coefficient (Wildman–Crippen LogP) is 5.15. The molecule has 0 aliphatic heterocycles. The van der Waals surface area contributed by atoms with E-state index in [1.807, 2.05) is 24.3 Å². The van der Waals surface area contributed by atoms with E-state index in [2.05, 4.69) is 22.2 Å². The van der Waals surface area contributed by atoms with Crippen molar-refractivity contribution in [2.24, 2.45) is 0 Å². The van der Waals surface area contributed by atoms with E-state index in [0.29, 0.717) is 27.4 Å². The maximum Gasteiger partial charge on any atom is 0.164 e. The maximum atomic E-state index is 6.28. The van der Waals surface area contributed by atoms with Crippen LogP contribution in [0, 0.1) is 0 Å². The van der Waals surface area contributed by atoms with Gasteiger partial charge in [-0.15, -0.1) is 0 Å². The van der Waals surface area contributed by atoms with Crippen LogP contribution >= 0.6 is 23.2 Å². The van der Waals surface area contributed by atoms with Gasteiger partial charge in [0.15, 0.2) is 5.82 Å². The van der Waals surface area contributed by atoms with Gasteiger partial charge in [0.05, 0.1) is 15.6 Å². The number of halogens is 2. The third-order valence-corrected chi connectivity index (χ3v) is 4.11. The van der Waals surface area contributed by atoms with Crippen molar-refractivity contribution in [3.8, 4) is 11.4 Å². The summed E-state index contributed by atoms with van der Waals surface area (Å²) in [7, 11) is 0. The Morgan fingerprint density at radius 2 is 1.90 bits per heavy atom. The lowest BCUT2D eigenvalue weighted by Crippen LogP contribution is -2.05. The summed E-state index contributed by atoms with van der Waals surface area (Å²) in [6, 6.07) is 7.50. The molecular weight excluding hydrogens is 305 g/mol. The highest BCUT2D eigenvalue weighted by atomic mass is 35.5. The first-order valence-electron chi connectivity index (χ1n) is 7.26. The minimum atomic E-state index is 0.551. The van der Waals surface area contributed by atoms with Crippen molar-refractivity contribution in [3.05, 3.63) is 40.0 Å². The van der Waals surface area contributed by atoms with E-state index in [9.17, 15) is 0 Å². The second-order valence-corrected chi connectivity index (χ2v) is 6.11. The number of rotatable bonds is 5. The highest BCUT2D eigenvalue weighted by Crippen LogP contribution is 2.41. The standard InChI is InChI=1S/C16H17Cl2N3/c1-2-8-19-14-9-13(10-6-7-10)20-16(21-14)15-11(17)4-3-5-12(15)18/h3-5,9-10H,2,6-8H2,1H3,(H,19,20,21). The number of hydrogen-bond acceptors (Lipinski definition) is 3.